The van der Waals surface area contributed by atoms with Gasteiger partial charge in [-0.25, -0.2) is 4.98 Å². The molecule has 0 aliphatic rings. The number of carbonyl (C=O) groups excluding carboxylic acids is 1. The number of amides is 1. The SMILES string of the molecule is CCNc1cc(C)nc(NCCNC(=O)c2ccc3nsnc3c2)n1. The van der Waals surface area contributed by atoms with Crippen molar-refractivity contribution in [2.75, 3.05) is 30.3 Å². The van der Waals surface area contributed by atoms with E-state index in [-0.39, 0.29) is 5.91 Å². The van der Waals surface area contributed by atoms with Crippen molar-refractivity contribution in [3.05, 3.63) is 35.5 Å². The van der Waals surface area contributed by atoms with Crippen molar-refractivity contribution in [1.29, 1.82) is 0 Å². The molecule has 25 heavy (non-hydrogen) atoms. The monoisotopic (exact) mass is 357 g/mol. The molecule has 0 aliphatic heterocycles. The number of benzene rings is 1. The lowest BCUT2D eigenvalue weighted by molar-refractivity contribution is 0.0955. The highest BCUT2D eigenvalue weighted by Crippen LogP contribution is 2.13. The topological polar surface area (TPSA) is 105 Å². The minimum Gasteiger partial charge on any atom is -0.370 e. The first kappa shape index (κ1) is 17.0. The third-order valence-electron chi connectivity index (χ3n) is 3.42. The van der Waals surface area contributed by atoms with Gasteiger partial charge >= 0.3 is 0 Å². The minimum absolute atomic E-state index is 0.143. The molecular formula is C16H19N7OS. The summed E-state index contributed by atoms with van der Waals surface area (Å²) in [6.07, 6.45) is 0. The smallest absolute Gasteiger partial charge is 0.251 e. The first-order valence-electron chi connectivity index (χ1n) is 7.99. The summed E-state index contributed by atoms with van der Waals surface area (Å²) in [5.74, 6) is 1.18. The predicted molar refractivity (Wildman–Crippen MR) is 99.2 cm³/mol. The molecular weight excluding hydrogens is 338 g/mol. The van der Waals surface area contributed by atoms with Crippen molar-refractivity contribution in [3.8, 4) is 0 Å². The second-order valence-corrected chi connectivity index (χ2v) is 5.93. The first-order chi connectivity index (χ1) is 12.2. The van der Waals surface area contributed by atoms with Crippen LogP contribution in [-0.4, -0.2) is 44.3 Å². The molecule has 3 aromatic rings. The molecule has 1 amide bonds. The molecule has 1 aromatic carbocycles. The summed E-state index contributed by atoms with van der Waals surface area (Å²) >= 11 is 1.14. The van der Waals surface area contributed by atoms with Crippen LogP contribution in [0.2, 0.25) is 0 Å². The number of nitrogens with one attached hydrogen (secondary N) is 3. The standard InChI is InChI=1S/C16H19N7OS/c1-3-17-14-8-10(2)20-16(21-14)19-7-6-18-15(24)11-4-5-12-13(9-11)23-25-22-12/h4-5,8-9H,3,6-7H2,1-2H3,(H,18,24)(H2,17,19,20,21). The van der Waals surface area contributed by atoms with E-state index in [1.54, 1.807) is 18.2 Å². The second-order valence-electron chi connectivity index (χ2n) is 5.40. The molecule has 0 aliphatic carbocycles. The lowest BCUT2D eigenvalue weighted by atomic mass is 10.2. The van der Waals surface area contributed by atoms with E-state index < -0.39 is 0 Å². The summed E-state index contributed by atoms with van der Waals surface area (Å²) in [6.45, 7) is 5.71. The van der Waals surface area contributed by atoms with E-state index in [4.69, 9.17) is 0 Å². The zero-order chi connectivity index (χ0) is 17.6. The lowest BCUT2D eigenvalue weighted by Crippen LogP contribution is -2.29. The third kappa shape index (κ3) is 4.38. The summed E-state index contributed by atoms with van der Waals surface area (Å²) in [4.78, 5) is 20.9. The van der Waals surface area contributed by atoms with Crippen LogP contribution < -0.4 is 16.0 Å². The summed E-state index contributed by atoms with van der Waals surface area (Å²) < 4.78 is 8.27. The highest BCUT2D eigenvalue weighted by Gasteiger charge is 2.08. The highest BCUT2D eigenvalue weighted by molar-refractivity contribution is 7.00. The molecule has 2 aromatic heterocycles. The molecule has 0 bridgehead atoms. The Morgan fingerprint density at radius 3 is 2.76 bits per heavy atom. The van der Waals surface area contributed by atoms with Gasteiger partial charge in [0, 0.05) is 37.0 Å². The molecule has 3 N–H and O–H groups in total. The summed E-state index contributed by atoms with van der Waals surface area (Å²) in [6, 6.07) is 7.18. The number of fused-ring (bicyclic) bond motifs is 1. The van der Waals surface area contributed by atoms with Gasteiger partial charge in [-0.2, -0.15) is 13.7 Å². The molecule has 3 rings (SSSR count). The summed E-state index contributed by atoms with van der Waals surface area (Å²) in [7, 11) is 0. The van der Waals surface area contributed by atoms with E-state index in [1.165, 1.54) is 0 Å². The van der Waals surface area contributed by atoms with Crippen molar-refractivity contribution in [3.63, 3.8) is 0 Å². The highest BCUT2D eigenvalue weighted by atomic mass is 32.1. The van der Waals surface area contributed by atoms with Gasteiger partial charge in [0.15, 0.2) is 0 Å². The average molecular weight is 357 g/mol. The fourth-order valence-corrected chi connectivity index (χ4v) is 2.81. The number of aromatic nitrogens is 4. The Labute approximate surface area is 149 Å². The normalized spacial score (nSPS) is 10.6. The molecule has 8 nitrogen and oxygen atoms in total. The molecule has 2 heterocycles. The van der Waals surface area contributed by atoms with E-state index in [1.807, 2.05) is 19.9 Å². The van der Waals surface area contributed by atoms with Crippen LogP contribution in [-0.2, 0) is 0 Å². The zero-order valence-electron chi connectivity index (χ0n) is 14.0. The van der Waals surface area contributed by atoms with Gasteiger partial charge in [-0.05, 0) is 32.0 Å². The van der Waals surface area contributed by atoms with Gasteiger partial charge in [0.25, 0.3) is 5.91 Å². The number of nitrogens with zero attached hydrogens (tertiary/aromatic N) is 4. The first-order valence-corrected chi connectivity index (χ1v) is 8.72. The van der Waals surface area contributed by atoms with E-state index in [0.29, 0.717) is 24.6 Å². The van der Waals surface area contributed by atoms with Gasteiger partial charge in [-0.15, -0.1) is 0 Å². The maximum absolute atomic E-state index is 12.2. The van der Waals surface area contributed by atoms with Crippen LogP contribution in [0.5, 0.6) is 0 Å². The Balaban J connectivity index is 1.51. The van der Waals surface area contributed by atoms with Crippen LogP contribution in [0.4, 0.5) is 11.8 Å². The Bertz CT molecular complexity index is 880. The quantitative estimate of drug-likeness (QED) is 0.556. The summed E-state index contributed by atoms with van der Waals surface area (Å²) in [5, 5.41) is 9.14. The molecule has 0 spiro atoms. The van der Waals surface area contributed by atoms with Gasteiger partial charge in [-0.1, -0.05) is 0 Å². The molecule has 9 heteroatoms. The molecule has 0 radical (unpaired) electrons. The van der Waals surface area contributed by atoms with Crippen LogP contribution in [0.3, 0.4) is 0 Å². The van der Waals surface area contributed by atoms with Crippen LogP contribution >= 0.6 is 11.7 Å². The number of carbonyl (C=O) groups is 1. The molecule has 130 valence electrons. The van der Waals surface area contributed by atoms with E-state index in [2.05, 4.69) is 34.7 Å². The van der Waals surface area contributed by atoms with Gasteiger partial charge in [-0.3, -0.25) is 4.79 Å². The van der Waals surface area contributed by atoms with Crippen molar-refractivity contribution < 1.29 is 4.79 Å². The van der Waals surface area contributed by atoms with Crippen molar-refractivity contribution >= 4 is 40.4 Å². The predicted octanol–water partition coefficient (Wildman–Crippen LogP) is 2.06. The van der Waals surface area contributed by atoms with E-state index >= 15 is 0 Å². The lowest BCUT2D eigenvalue weighted by Gasteiger charge is -2.09. The molecule has 0 unspecified atom stereocenters. The fraction of sp³-hybridized carbons (Fsp3) is 0.312. The molecule has 0 fully saturated rings. The maximum atomic E-state index is 12.2. The minimum atomic E-state index is -0.143. The second kappa shape index (κ2) is 7.84. The Hall–Kier alpha value is -2.81. The average Bonchev–Trinajstić information content (AvgIpc) is 3.06. The van der Waals surface area contributed by atoms with Crippen molar-refractivity contribution in [1.82, 2.24) is 24.0 Å². The number of hydrogen-bond acceptors (Lipinski definition) is 8. The largest absolute Gasteiger partial charge is 0.370 e. The number of aryl methyl sites for hydroxylation is 1. The van der Waals surface area contributed by atoms with Crippen molar-refractivity contribution in [2.24, 2.45) is 0 Å². The molecule has 0 saturated carbocycles. The zero-order valence-corrected chi connectivity index (χ0v) is 14.9. The Kier molecular flexibility index (Phi) is 5.34. The van der Waals surface area contributed by atoms with Crippen LogP contribution in [0.1, 0.15) is 23.0 Å². The Morgan fingerprint density at radius 2 is 1.92 bits per heavy atom. The number of rotatable bonds is 7. The van der Waals surface area contributed by atoms with Crippen molar-refractivity contribution in [2.45, 2.75) is 13.8 Å². The van der Waals surface area contributed by atoms with Gasteiger partial charge in [0.1, 0.15) is 16.9 Å². The van der Waals surface area contributed by atoms with Gasteiger partial charge in [0.05, 0.1) is 11.7 Å². The molecule has 0 atom stereocenters. The van der Waals surface area contributed by atoms with E-state index in [9.17, 15) is 4.79 Å². The summed E-state index contributed by atoms with van der Waals surface area (Å²) in [5.41, 5.74) is 2.99. The molecule has 0 saturated heterocycles. The van der Waals surface area contributed by atoms with Crippen LogP contribution in [0.15, 0.2) is 24.3 Å². The van der Waals surface area contributed by atoms with Gasteiger partial charge in [0.2, 0.25) is 5.95 Å². The number of anilines is 2. The van der Waals surface area contributed by atoms with Crippen LogP contribution in [0, 0.1) is 6.92 Å². The third-order valence-corrected chi connectivity index (χ3v) is 3.98. The maximum Gasteiger partial charge on any atom is 0.251 e. The van der Waals surface area contributed by atoms with E-state index in [0.717, 1.165) is 40.8 Å². The van der Waals surface area contributed by atoms with Gasteiger partial charge < -0.3 is 16.0 Å². The fourth-order valence-electron chi connectivity index (χ4n) is 2.30. The Morgan fingerprint density at radius 1 is 1.08 bits per heavy atom. The van der Waals surface area contributed by atoms with Crippen LogP contribution in [0.25, 0.3) is 11.0 Å². The number of hydrogen-bond donors (Lipinski definition) is 3.